The van der Waals surface area contributed by atoms with Gasteiger partial charge in [-0.1, -0.05) is 11.6 Å². The second-order valence-corrected chi connectivity index (χ2v) is 5.81. The second-order valence-electron chi connectivity index (χ2n) is 5.40. The number of rotatable bonds is 3. The summed E-state index contributed by atoms with van der Waals surface area (Å²) in [5.74, 6) is 1.81. The van der Waals surface area contributed by atoms with Crippen molar-refractivity contribution in [3.63, 3.8) is 0 Å². The molecule has 124 valence electrons. The van der Waals surface area contributed by atoms with E-state index >= 15 is 0 Å². The Bertz CT molecular complexity index is 819. The fraction of sp³-hybridized carbons (Fsp3) is 0.294. The average molecular weight is 346 g/mol. The number of nitriles is 1. The first kappa shape index (κ1) is 16.4. The normalized spacial score (nSPS) is 16.3. The highest BCUT2D eigenvalue weighted by Crippen LogP contribution is 2.41. The molecule has 0 radical (unpaired) electrons. The Labute approximate surface area is 144 Å². The van der Waals surface area contributed by atoms with Crippen LogP contribution in [0.5, 0.6) is 11.5 Å². The van der Waals surface area contributed by atoms with Gasteiger partial charge in [0.05, 0.1) is 31.4 Å². The Balaban J connectivity index is 2.05. The molecule has 1 atom stereocenters. The van der Waals surface area contributed by atoms with E-state index in [-0.39, 0.29) is 0 Å². The van der Waals surface area contributed by atoms with Crippen LogP contribution in [0.1, 0.15) is 22.8 Å². The van der Waals surface area contributed by atoms with Gasteiger partial charge in [0.15, 0.2) is 0 Å². The van der Waals surface area contributed by atoms with Crippen LogP contribution in [-0.4, -0.2) is 30.9 Å². The molecule has 2 aromatic rings. The molecule has 7 heteroatoms. The van der Waals surface area contributed by atoms with E-state index in [1.165, 1.54) is 6.20 Å². The number of nitrogens with zero attached hydrogens (tertiary/aromatic N) is 3. The molecule has 0 bridgehead atoms. The number of aliphatic hydroxyl groups excluding tert-OH is 1. The van der Waals surface area contributed by atoms with E-state index in [1.807, 2.05) is 17.0 Å². The average Bonchev–Trinajstić information content (AvgIpc) is 2.60. The zero-order valence-corrected chi connectivity index (χ0v) is 14.0. The number of anilines is 1. The minimum Gasteiger partial charge on any atom is -0.496 e. The number of fused-ring (bicyclic) bond motifs is 1. The van der Waals surface area contributed by atoms with E-state index < -0.39 is 6.10 Å². The van der Waals surface area contributed by atoms with Crippen LogP contribution in [0.15, 0.2) is 24.4 Å². The van der Waals surface area contributed by atoms with Gasteiger partial charge < -0.3 is 19.5 Å². The Morgan fingerprint density at radius 1 is 1.33 bits per heavy atom. The molecule has 24 heavy (non-hydrogen) atoms. The molecular weight excluding hydrogens is 330 g/mol. The van der Waals surface area contributed by atoms with Crippen LogP contribution in [0.3, 0.4) is 0 Å². The number of β-amino-alcohol motifs (C(OH)–C–C–N with tert-alkyl or cyclic N) is 1. The number of pyridine rings is 1. The molecule has 0 spiro atoms. The molecule has 6 nitrogen and oxygen atoms in total. The van der Waals surface area contributed by atoms with Crippen LogP contribution >= 0.6 is 11.6 Å². The van der Waals surface area contributed by atoms with Crippen LogP contribution in [0.2, 0.25) is 5.02 Å². The van der Waals surface area contributed by atoms with E-state index in [0.29, 0.717) is 41.0 Å². The fourth-order valence-corrected chi connectivity index (χ4v) is 3.25. The fourth-order valence-electron chi connectivity index (χ4n) is 2.96. The van der Waals surface area contributed by atoms with Gasteiger partial charge in [-0.2, -0.15) is 5.26 Å². The van der Waals surface area contributed by atoms with E-state index in [4.69, 9.17) is 26.3 Å². The first-order valence-corrected chi connectivity index (χ1v) is 7.69. The van der Waals surface area contributed by atoms with E-state index in [2.05, 4.69) is 4.98 Å². The monoisotopic (exact) mass is 345 g/mol. The van der Waals surface area contributed by atoms with E-state index in [1.54, 1.807) is 26.4 Å². The maximum atomic E-state index is 10.6. The van der Waals surface area contributed by atoms with E-state index in [9.17, 15) is 5.11 Å². The lowest BCUT2D eigenvalue weighted by Crippen LogP contribution is -2.35. The summed E-state index contributed by atoms with van der Waals surface area (Å²) in [5.41, 5.74) is 1.94. The Morgan fingerprint density at radius 2 is 2.04 bits per heavy atom. The third-order valence-corrected chi connectivity index (χ3v) is 4.32. The topological polar surface area (TPSA) is 78.6 Å². The summed E-state index contributed by atoms with van der Waals surface area (Å²) < 4.78 is 10.8. The molecule has 0 fully saturated rings. The molecular formula is C17H16ClN3O3. The predicted octanol–water partition coefficient (Wildman–Crippen LogP) is 2.68. The third-order valence-electron chi connectivity index (χ3n) is 4.04. The number of benzene rings is 1. The van der Waals surface area contributed by atoms with Gasteiger partial charge in [0.25, 0.3) is 0 Å². The van der Waals surface area contributed by atoms with Crippen molar-refractivity contribution in [3.05, 3.63) is 46.1 Å². The van der Waals surface area contributed by atoms with Gasteiger partial charge in [0, 0.05) is 23.9 Å². The molecule has 3 rings (SSSR count). The molecule has 1 aromatic heterocycles. The van der Waals surface area contributed by atoms with E-state index in [0.717, 1.165) is 11.1 Å². The summed E-state index contributed by atoms with van der Waals surface area (Å²) in [6.45, 7) is 0.778. The highest BCUT2D eigenvalue weighted by Gasteiger charge is 2.31. The first-order valence-electron chi connectivity index (χ1n) is 7.31. The molecule has 0 unspecified atom stereocenters. The molecule has 0 saturated carbocycles. The highest BCUT2D eigenvalue weighted by atomic mass is 35.5. The number of aromatic nitrogens is 1. The zero-order valence-electron chi connectivity index (χ0n) is 13.3. The van der Waals surface area contributed by atoms with Crippen molar-refractivity contribution in [1.82, 2.24) is 4.98 Å². The lowest BCUT2D eigenvalue weighted by atomic mass is 9.95. The minimum absolute atomic E-state index is 0.315. The first-order chi connectivity index (χ1) is 11.6. The smallest absolute Gasteiger partial charge is 0.147 e. The maximum Gasteiger partial charge on any atom is 0.147 e. The van der Waals surface area contributed by atoms with Gasteiger partial charge in [-0.05, 0) is 18.2 Å². The van der Waals surface area contributed by atoms with Crippen molar-refractivity contribution in [2.45, 2.75) is 12.6 Å². The SMILES string of the molecule is COc1ccc(OC)c2c1CN(c1ncc(C#N)cc1Cl)C[C@@H]2O. The Morgan fingerprint density at radius 3 is 2.67 bits per heavy atom. The van der Waals surface area contributed by atoms with Crippen molar-refractivity contribution in [1.29, 1.82) is 5.26 Å². The third kappa shape index (κ3) is 2.73. The maximum absolute atomic E-state index is 10.6. The van der Waals surface area contributed by atoms with Crippen LogP contribution in [0.25, 0.3) is 0 Å². The van der Waals surface area contributed by atoms with Crippen molar-refractivity contribution in [2.24, 2.45) is 0 Å². The molecule has 0 saturated heterocycles. The number of aliphatic hydroxyl groups is 1. The number of halogens is 1. The molecule has 1 N–H and O–H groups in total. The largest absolute Gasteiger partial charge is 0.496 e. The molecule has 1 aromatic carbocycles. The van der Waals surface area contributed by atoms with Gasteiger partial charge in [-0.15, -0.1) is 0 Å². The Kier molecular flexibility index (Phi) is 4.47. The van der Waals surface area contributed by atoms with Crippen LogP contribution in [0, 0.1) is 11.3 Å². The predicted molar refractivity (Wildman–Crippen MR) is 89.5 cm³/mol. The molecule has 0 amide bonds. The number of hydrogen-bond donors (Lipinski definition) is 1. The minimum atomic E-state index is -0.771. The van der Waals surface area contributed by atoms with Crippen molar-refractivity contribution < 1.29 is 14.6 Å². The molecule has 0 aliphatic carbocycles. The lowest BCUT2D eigenvalue weighted by molar-refractivity contribution is 0.169. The van der Waals surface area contributed by atoms with Gasteiger partial charge >= 0.3 is 0 Å². The van der Waals surface area contributed by atoms with Crippen molar-refractivity contribution in [3.8, 4) is 17.6 Å². The quantitative estimate of drug-likeness (QED) is 0.921. The zero-order chi connectivity index (χ0) is 17.3. The van der Waals surface area contributed by atoms with Gasteiger partial charge in [-0.3, -0.25) is 0 Å². The summed E-state index contributed by atoms with van der Waals surface area (Å²) in [6.07, 6.45) is 0.693. The highest BCUT2D eigenvalue weighted by molar-refractivity contribution is 6.33. The molecule has 1 aliphatic heterocycles. The van der Waals surface area contributed by atoms with Crippen molar-refractivity contribution >= 4 is 17.4 Å². The van der Waals surface area contributed by atoms with Crippen molar-refractivity contribution in [2.75, 3.05) is 25.7 Å². The second kappa shape index (κ2) is 6.56. The number of hydrogen-bond acceptors (Lipinski definition) is 6. The summed E-state index contributed by atoms with van der Waals surface area (Å²) in [7, 11) is 3.15. The Hall–Kier alpha value is -2.49. The van der Waals surface area contributed by atoms with Gasteiger partial charge in [0.1, 0.15) is 29.5 Å². The lowest BCUT2D eigenvalue weighted by Gasteiger charge is -2.35. The summed E-state index contributed by atoms with van der Waals surface area (Å²) in [4.78, 5) is 6.13. The summed E-state index contributed by atoms with van der Waals surface area (Å²) in [5, 5.41) is 19.9. The number of ether oxygens (including phenoxy) is 2. The van der Waals surface area contributed by atoms with Gasteiger partial charge in [0.2, 0.25) is 0 Å². The van der Waals surface area contributed by atoms with Crippen LogP contribution in [-0.2, 0) is 6.54 Å². The summed E-state index contributed by atoms with van der Waals surface area (Å²) in [6, 6.07) is 7.16. The molecule has 1 aliphatic rings. The summed E-state index contributed by atoms with van der Waals surface area (Å²) >= 11 is 6.26. The van der Waals surface area contributed by atoms with Crippen LogP contribution in [0.4, 0.5) is 5.82 Å². The number of methoxy groups -OCH3 is 2. The van der Waals surface area contributed by atoms with Crippen LogP contribution < -0.4 is 14.4 Å². The van der Waals surface area contributed by atoms with Gasteiger partial charge in [-0.25, -0.2) is 4.98 Å². The molecule has 2 heterocycles. The standard InChI is InChI=1S/C17H16ClN3O3/c1-23-14-3-4-15(24-2)16-11(14)8-21(9-13(16)22)17-12(18)5-10(6-19)7-20-17/h3-5,7,13,22H,8-9H2,1-2H3/t13-/m0/s1.